The Morgan fingerprint density at radius 2 is 0.820 bits per heavy atom. The van der Waals surface area contributed by atoms with Crippen molar-refractivity contribution in [3.05, 3.63) is 170 Å². The highest BCUT2D eigenvalue weighted by molar-refractivity contribution is 6.15. The van der Waals surface area contributed by atoms with Crippen molar-refractivity contribution in [3.8, 4) is 56.2 Å². The van der Waals surface area contributed by atoms with Crippen LogP contribution in [0.1, 0.15) is 0 Å². The maximum atomic E-state index is 6.72. The van der Waals surface area contributed by atoms with Gasteiger partial charge < -0.3 is 8.83 Å². The van der Waals surface area contributed by atoms with Crippen LogP contribution in [0.3, 0.4) is 0 Å². The number of para-hydroxylation sites is 3. The monoisotopic (exact) mass is 640 g/mol. The van der Waals surface area contributed by atoms with Crippen LogP contribution < -0.4 is 0 Å². The number of benzene rings is 7. The van der Waals surface area contributed by atoms with Crippen molar-refractivity contribution < 1.29 is 8.83 Å². The molecular formula is C46H28N2O2. The van der Waals surface area contributed by atoms with Gasteiger partial charge in [-0.2, -0.15) is 0 Å². The highest BCUT2D eigenvalue weighted by Crippen LogP contribution is 2.42. The van der Waals surface area contributed by atoms with E-state index in [1.807, 2.05) is 42.5 Å². The third kappa shape index (κ3) is 4.69. The summed E-state index contributed by atoms with van der Waals surface area (Å²) in [6.45, 7) is 0. The Hall–Kier alpha value is -6.78. The largest absolute Gasteiger partial charge is 0.455 e. The standard InChI is InChI=1S/C46H28N2O2/c1-3-11-29(12-4-1)30-21-23-32(24-22-30)46-47-40(31-13-5-2-6-14-31)28-41(48-46)33-25-26-35-37-17-10-19-39(45(37)50-43(35)27-33)38-18-9-16-36-34-15-7-8-20-42(34)49-44(36)38/h1-28H. The molecule has 10 aromatic rings. The summed E-state index contributed by atoms with van der Waals surface area (Å²) in [5.74, 6) is 0.673. The predicted octanol–water partition coefficient (Wildman–Crippen LogP) is 12.6. The van der Waals surface area contributed by atoms with Gasteiger partial charge in [-0.25, -0.2) is 9.97 Å². The number of hydrogen-bond donors (Lipinski definition) is 0. The molecule has 0 atom stereocenters. The smallest absolute Gasteiger partial charge is 0.160 e. The molecule has 3 aromatic heterocycles. The maximum Gasteiger partial charge on any atom is 0.160 e. The van der Waals surface area contributed by atoms with E-state index in [2.05, 4.69) is 127 Å². The average Bonchev–Trinajstić information content (AvgIpc) is 3.77. The Balaban J connectivity index is 1.11. The minimum Gasteiger partial charge on any atom is -0.455 e. The van der Waals surface area contributed by atoms with E-state index in [4.69, 9.17) is 18.8 Å². The Bertz CT molecular complexity index is 2850. The van der Waals surface area contributed by atoms with Crippen molar-refractivity contribution in [3.63, 3.8) is 0 Å². The third-order valence-corrected chi connectivity index (χ3v) is 9.53. The molecule has 0 aliphatic carbocycles. The van der Waals surface area contributed by atoms with Gasteiger partial charge in [0, 0.05) is 49.4 Å². The zero-order valence-electron chi connectivity index (χ0n) is 26.9. The summed E-state index contributed by atoms with van der Waals surface area (Å²) in [6, 6.07) is 58.4. The number of aromatic nitrogens is 2. The summed E-state index contributed by atoms with van der Waals surface area (Å²) in [5.41, 5.74) is 12.4. The molecule has 234 valence electrons. The minimum atomic E-state index is 0.673. The van der Waals surface area contributed by atoms with Gasteiger partial charge in [-0.3, -0.25) is 0 Å². The SMILES string of the molecule is c1ccc(-c2ccc(-c3nc(-c4ccccc4)cc(-c4ccc5c(c4)oc4c(-c6cccc7c6oc6ccccc67)cccc45)n3)cc2)cc1. The van der Waals surface area contributed by atoms with Crippen molar-refractivity contribution in [2.75, 3.05) is 0 Å². The first kappa shape index (κ1) is 28.3. The molecule has 50 heavy (non-hydrogen) atoms. The van der Waals surface area contributed by atoms with Crippen LogP contribution in [0.15, 0.2) is 179 Å². The lowest BCUT2D eigenvalue weighted by Crippen LogP contribution is -1.96. The molecule has 0 radical (unpaired) electrons. The van der Waals surface area contributed by atoms with Gasteiger partial charge in [0.2, 0.25) is 0 Å². The van der Waals surface area contributed by atoms with Crippen molar-refractivity contribution >= 4 is 43.9 Å². The van der Waals surface area contributed by atoms with Gasteiger partial charge in [-0.05, 0) is 35.4 Å². The lowest BCUT2D eigenvalue weighted by Gasteiger charge is -2.10. The molecule has 0 N–H and O–H groups in total. The van der Waals surface area contributed by atoms with E-state index in [0.717, 1.165) is 88.6 Å². The van der Waals surface area contributed by atoms with E-state index >= 15 is 0 Å². The lowest BCUT2D eigenvalue weighted by atomic mass is 9.99. The van der Waals surface area contributed by atoms with E-state index in [1.165, 1.54) is 5.56 Å². The van der Waals surface area contributed by atoms with Crippen LogP contribution in [0.4, 0.5) is 0 Å². The zero-order chi connectivity index (χ0) is 33.0. The second-order valence-corrected chi connectivity index (χ2v) is 12.5. The van der Waals surface area contributed by atoms with Crippen LogP contribution in [0.2, 0.25) is 0 Å². The van der Waals surface area contributed by atoms with Crippen molar-refractivity contribution in [1.82, 2.24) is 9.97 Å². The Kier molecular flexibility index (Phi) is 6.46. The van der Waals surface area contributed by atoms with E-state index in [0.29, 0.717) is 5.82 Å². The fraction of sp³-hybridized carbons (Fsp3) is 0. The van der Waals surface area contributed by atoms with Gasteiger partial charge in [-0.1, -0.05) is 146 Å². The highest BCUT2D eigenvalue weighted by atomic mass is 16.3. The number of rotatable bonds is 5. The quantitative estimate of drug-likeness (QED) is 0.188. The number of hydrogen-bond acceptors (Lipinski definition) is 4. The molecule has 0 aliphatic rings. The van der Waals surface area contributed by atoms with Gasteiger partial charge >= 0.3 is 0 Å². The lowest BCUT2D eigenvalue weighted by molar-refractivity contribution is 0.665. The Labute approximate surface area is 287 Å². The molecule has 0 aliphatic heterocycles. The molecule has 0 saturated carbocycles. The van der Waals surface area contributed by atoms with Crippen LogP contribution in [0.5, 0.6) is 0 Å². The van der Waals surface area contributed by atoms with Crippen molar-refractivity contribution in [2.45, 2.75) is 0 Å². The van der Waals surface area contributed by atoms with Gasteiger partial charge in [0.05, 0.1) is 11.4 Å². The van der Waals surface area contributed by atoms with E-state index in [1.54, 1.807) is 0 Å². The molecule has 3 heterocycles. The summed E-state index contributed by atoms with van der Waals surface area (Å²) in [5, 5.41) is 4.31. The molecule has 10 rings (SSSR count). The molecule has 7 aromatic carbocycles. The molecule has 0 amide bonds. The third-order valence-electron chi connectivity index (χ3n) is 9.53. The van der Waals surface area contributed by atoms with Crippen LogP contribution in [0.25, 0.3) is 100 Å². The Morgan fingerprint density at radius 1 is 0.320 bits per heavy atom. The van der Waals surface area contributed by atoms with Crippen molar-refractivity contribution in [1.29, 1.82) is 0 Å². The van der Waals surface area contributed by atoms with Crippen LogP contribution >= 0.6 is 0 Å². The van der Waals surface area contributed by atoms with E-state index < -0.39 is 0 Å². The summed E-state index contributed by atoms with van der Waals surface area (Å²) in [4.78, 5) is 10.2. The van der Waals surface area contributed by atoms with Crippen LogP contribution in [-0.4, -0.2) is 9.97 Å². The number of nitrogens with zero attached hydrogens (tertiary/aromatic N) is 2. The topological polar surface area (TPSA) is 52.1 Å². The average molecular weight is 641 g/mol. The first-order valence-electron chi connectivity index (χ1n) is 16.7. The van der Waals surface area contributed by atoms with Gasteiger partial charge in [0.1, 0.15) is 22.3 Å². The second-order valence-electron chi connectivity index (χ2n) is 12.5. The van der Waals surface area contributed by atoms with Gasteiger partial charge in [0.15, 0.2) is 5.82 Å². The molecular weight excluding hydrogens is 613 g/mol. The fourth-order valence-corrected chi connectivity index (χ4v) is 7.05. The first-order chi connectivity index (χ1) is 24.8. The predicted molar refractivity (Wildman–Crippen MR) is 204 cm³/mol. The molecule has 4 heteroatoms. The highest BCUT2D eigenvalue weighted by Gasteiger charge is 2.18. The molecule has 0 bridgehead atoms. The van der Waals surface area contributed by atoms with Crippen molar-refractivity contribution in [2.24, 2.45) is 0 Å². The van der Waals surface area contributed by atoms with E-state index in [9.17, 15) is 0 Å². The van der Waals surface area contributed by atoms with Gasteiger partial charge in [0.25, 0.3) is 0 Å². The zero-order valence-corrected chi connectivity index (χ0v) is 26.9. The van der Waals surface area contributed by atoms with Crippen LogP contribution in [0, 0.1) is 0 Å². The summed E-state index contributed by atoms with van der Waals surface area (Å²) in [6.07, 6.45) is 0. The molecule has 0 spiro atoms. The fourth-order valence-electron chi connectivity index (χ4n) is 7.05. The minimum absolute atomic E-state index is 0.673. The van der Waals surface area contributed by atoms with Gasteiger partial charge in [-0.15, -0.1) is 0 Å². The molecule has 0 fully saturated rings. The summed E-state index contributed by atoms with van der Waals surface area (Å²) >= 11 is 0. The Morgan fingerprint density at radius 3 is 1.52 bits per heavy atom. The number of fused-ring (bicyclic) bond motifs is 6. The van der Waals surface area contributed by atoms with Crippen LogP contribution in [-0.2, 0) is 0 Å². The normalized spacial score (nSPS) is 11.6. The molecule has 4 nitrogen and oxygen atoms in total. The molecule has 0 saturated heterocycles. The summed E-state index contributed by atoms with van der Waals surface area (Å²) < 4.78 is 13.1. The second kappa shape index (κ2) is 11.4. The first-order valence-corrected chi connectivity index (χ1v) is 16.7. The summed E-state index contributed by atoms with van der Waals surface area (Å²) in [7, 11) is 0. The molecule has 0 unspecified atom stereocenters. The number of furan rings is 2. The maximum absolute atomic E-state index is 6.72. The van der Waals surface area contributed by atoms with E-state index in [-0.39, 0.29) is 0 Å².